The van der Waals surface area contributed by atoms with Gasteiger partial charge >= 0.3 is 6.18 Å². The van der Waals surface area contributed by atoms with Crippen molar-refractivity contribution in [3.05, 3.63) is 59.9 Å². The number of aryl methyl sites for hydroxylation is 1. The van der Waals surface area contributed by atoms with Crippen molar-refractivity contribution in [1.29, 1.82) is 0 Å². The largest absolute Gasteiger partial charge is 0.416 e. The van der Waals surface area contributed by atoms with E-state index in [0.717, 1.165) is 23.5 Å². The van der Waals surface area contributed by atoms with Gasteiger partial charge in [-0.15, -0.1) is 0 Å². The van der Waals surface area contributed by atoms with Gasteiger partial charge in [-0.25, -0.2) is 23.4 Å². The van der Waals surface area contributed by atoms with Gasteiger partial charge in [-0.2, -0.15) is 17.5 Å². The molecule has 1 saturated heterocycles. The number of hydrogen-bond acceptors (Lipinski definition) is 6. The lowest BCUT2D eigenvalue weighted by Crippen LogP contribution is -2.49. The van der Waals surface area contributed by atoms with Gasteiger partial charge < -0.3 is 4.90 Å². The average molecular weight is 466 g/mol. The molecular weight excluding hydrogens is 445 g/mol. The summed E-state index contributed by atoms with van der Waals surface area (Å²) in [6.07, 6.45) is -1.50. The Hall–Kier alpha value is -2.99. The van der Waals surface area contributed by atoms with E-state index in [2.05, 4.69) is 15.0 Å². The van der Waals surface area contributed by atoms with Gasteiger partial charge in [-0.1, -0.05) is 6.07 Å². The summed E-state index contributed by atoms with van der Waals surface area (Å²) in [7, 11) is -4.04. The fraction of sp³-hybridized carbons (Fsp3) is 0.350. The van der Waals surface area contributed by atoms with Crippen LogP contribution in [0.15, 0.2) is 47.9 Å². The number of rotatable bonds is 4. The molecule has 32 heavy (non-hydrogen) atoms. The van der Waals surface area contributed by atoms with E-state index >= 15 is 0 Å². The number of sulfonamides is 1. The number of anilines is 1. The zero-order valence-electron chi connectivity index (χ0n) is 17.4. The van der Waals surface area contributed by atoms with Gasteiger partial charge in [0.05, 0.1) is 16.2 Å². The molecule has 1 fully saturated rings. The highest BCUT2D eigenvalue weighted by atomic mass is 32.2. The smallest absolute Gasteiger partial charge is 0.354 e. The van der Waals surface area contributed by atoms with Crippen LogP contribution < -0.4 is 4.90 Å². The minimum Gasteiger partial charge on any atom is -0.354 e. The fourth-order valence-electron chi connectivity index (χ4n) is 3.51. The lowest BCUT2D eigenvalue weighted by molar-refractivity contribution is -0.137. The molecule has 0 spiro atoms. The molecule has 8 nitrogen and oxygen atoms in total. The molecule has 1 aliphatic heterocycles. The van der Waals surface area contributed by atoms with Crippen LogP contribution in [-0.2, 0) is 16.2 Å². The van der Waals surface area contributed by atoms with Gasteiger partial charge in [0.25, 0.3) is 0 Å². The van der Waals surface area contributed by atoms with Crippen LogP contribution in [0.2, 0.25) is 0 Å². The molecule has 2 aromatic heterocycles. The lowest BCUT2D eigenvalue weighted by atomic mass is 10.2. The number of imidazole rings is 1. The number of halogens is 3. The van der Waals surface area contributed by atoms with Crippen LogP contribution in [0, 0.1) is 13.8 Å². The van der Waals surface area contributed by atoms with Gasteiger partial charge in [0, 0.05) is 37.9 Å². The van der Waals surface area contributed by atoms with E-state index in [1.165, 1.54) is 16.7 Å². The quantitative estimate of drug-likeness (QED) is 0.588. The third kappa shape index (κ3) is 4.19. The Morgan fingerprint density at radius 1 is 0.938 bits per heavy atom. The molecule has 170 valence electrons. The second-order valence-electron chi connectivity index (χ2n) is 7.44. The second kappa shape index (κ2) is 8.17. The Morgan fingerprint density at radius 2 is 1.62 bits per heavy atom. The SMILES string of the molecule is Cc1ncn(-c2cc(N3CCN(S(=O)(=O)c4cccc(C(F)(F)F)c4)CC3)ncn2)c1C. The molecule has 4 rings (SSSR count). The Kier molecular flexibility index (Phi) is 5.67. The predicted octanol–water partition coefficient (Wildman–Crippen LogP) is 2.81. The van der Waals surface area contributed by atoms with Gasteiger partial charge in [0.15, 0.2) is 0 Å². The summed E-state index contributed by atoms with van der Waals surface area (Å²) >= 11 is 0. The monoisotopic (exact) mass is 466 g/mol. The average Bonchev–Trinajstić information content (AvgIpc) is 3.12. The summed E-state index contributed by atoms with van der Waals surface area (Å²) in [6.45, 7) is 4.77. The van der Waals surface area contributed by atoms with Gasteiger partial charge in [0.2, 0.25) is 10.0 Å². The molecule has 12 heteroatoms. The van der Waals surface area contributed by atoms with E-state index in [-0.39, 0.29) is 18.0 Å². The molecule has 0 bridgehead atoms. The Balaban J connectivity index is 1.50. The maximum atomic E-state index is 13.0. The maximum absolute atomic E-state index is 13.0. The number of hydrogen-bond donors (Lipinski definition) is 0. The van der Waals surface area contributed by atoms with Crippen molar-refractivity contribution < 1.29 is 21.6 Å². The molecule has 0 saturated carbocycles. The summed E-state index contributed by atoms with van der Waals surface area (Å²) in [5.41, 5.74) is 0.848. The van der Waals surface area contributed by atoms with Crippen LogP contribution in [0.3, 0.4) is 0 Å². The van der Waals surface area contributed by atoms with Crippen LogP contribution >= 0.6 is 0 Å². The third-order valence-corrected chi connectivity index (χ3v) is 7.39. The summed E-state index contributed by atoms with van der Waals surface area (Å²) < 4.78 is 67.8. The maximum Gasteiger partial charge on any atom is 0.416 e. The predicted molar refractivity (Wildman–Crippen MR) is 111 cm³/mol. The molecule has 3 aromatic rings. The van der Waals surface area contributed by atoms with Crippen molar-refractivity contribution in [2.75, 3.05) is 31.1 Å². The molecule has 1 aromatic carbocycles. The topological polar surface area (TPSA) is 84.2 Å². The van der Waals surface area contributed by atoms with Gasteiger partial charge in [-0.05, 0) is 32.0 Å². The normalized spacial score (nSPS) is 15.8. The molecule has 1 aliphatic rings. The second-order valence-corrected chi connectivity index (χ2v) is 9.37. The van der Waals surface area contributed by atoms with Gasteiger partial charge in [-0.3, -0.25) is 4.57 Å². The number of benzene rings is 1. The highest BCUT2D eigenvalue weighted by Gasteiger charge is 2.34. The van der Waals surface area contributed by atoms with Crippen molar-refractivity contribution in [3.8, 4) is 5.82 Å². The molecule has 0 amide bonds. The van der Waals surface area contributed by atoms with E-state index < -0.39 is 21.8 Å². The summed E-state index contributed by atoms with van der Waals surface area (Å²) in [5, 5.41) is 0. The van der Waals surface area contributed by atoms with E-state index in [0.29, 0.717) is 30.8 Å². The lowest BCUT2D eigenvalue weighted by Gasteiger charge is -2.34. The van der Waals surface area contributed by atoms with Crippen molar-refractivity contribution >= 4 is 15.8 Å². The first-order valence-electron chi connectivity index (χ1n) is 9.83. The summed E-state index contributed by atoms with van der Waals surface area (Å²) in [6, 6.07) is 5.61. The van der Waals surface area contributed by atoms with Gasteiger partial charge in [0.1, 0.15) is 24.3 Å². The van der Waals surface area contributed by atoms with E-state index in [1.807, 2.05) is 23.3 Å². The molecular formula is C20H21F3N6O2S. The number of alkyl halides is 3. The van der Waals surface area contributed by atoms with Crippen LogP contribution in [0.5, 0.6) is 0 Å². The van der Waals surface area contributed by atoms with E-state index in [9.17, 15) is 21.6 Å². The Bertz CT molecular complexity index is 1230. The minimum atomic E-state index is -4.61. The zero-order chi connectivity index (χ0) is 23.1. The van der Waals surface area contributed by atoms with Crippen LogP contribution in [0.4, 0.5) is 19.0 Å². The number of piperazine rings is 1. The first-order chi connectivity index (χ1) is 15.1. The van der Waals surface area contributed by atoms with Crippen LogP contribution in [-0.4, -0.2) is 58.4 Å². The Morgan fingerprint density at radius 3 is 2.25 bits per heavy atom. The van der Waals surface area contributed by atoms with E-state index in [1.54, 1.807) is 12.4 Å². The standard InChI is InChI=1S/C20H21F3N6O2S/c1-14-15(2)29(13-26-14)19-11-18(24-12-25-19)27-6-8-28(9-7-27)32(30,31)17-5-3-4-16(10-17)20(21,22)23/h3-5,10-13H,6-9H2,1-2H3. The zero-order valence-corrected chi connectivity index (χ0v) is 18.2. The Labute approximate surface area is 183 Å². The highest BCUT2D eigenvalue weighted by molar-refractivity contribution is 7.89. The first kappa shape index (κ1) is 22.2. The molecule has 0 radical (unpaired) electrons. The summed E-state index contributed by atoms with van der Waals surface area (Å²) in [4.78, 5) is 14.4. The van der Waals surface area contributed by atoms with Crippen molar-refractivity contribution in [2.24, 2.45) is 0 Å². The molecule has 0 unspecified atom stereocenters. The van der Waals surface area contributed by atoms with Crippen molar-refractivity contribution in [2.45, 2.75) is 24.9 Å². The molecule has 0 atom stereocenters. The first-order valence-corrected chi connectivity index (χ1v) is 11.3. The highest BCUT2D eigenvalue weighted by Crippen LogP contribution is 2.31. The van der Waals surface area contributed by atoms with E-state index in [4.69, 9.17) is 0 Å². The fourth-order valence-corrected chi connectivity index (χ4v) is 4.98. The minimum absolute atomic E-state index is 0.126. The van der Waals surface area contributed by atoms with Crippen LogP contribution in [0.1, 0.15) is 17.0 Å². The molecule has 3 heterocycles. The summed E-state index contributed by atoms with van der Waals surface area (Å²) in [5.74, 6) is 1.28. The van der Waals surface area contributed by atoms with Crippen LogP contribution in [0.25, 0.3) is 5.82 Å². The third-order valence-electron chi connectivity index (χ3n) is 5.50. The molecule has 0 aliphatic carbocycles. The van der Waals surface area contributed by atoms with Crippen molar-refractivity contribution in [1.82, 2.24) is 23.8 Å². The number of aromatic nitrogens is 4. The number of nitrogens with zero attached hydrogens (tertiary/aromatic N) is 6. The van der Waals surface area contributed by atoms with Crippen molar-refractivity contribution in [3.63, 3.8) is 0 Å². The molecule has 0 N–H and O–H groups in total.